The molecule has 0 saturated carbocycles. The fraction of sp³-hybridized carbons (Fsp3) is 0.417. The molecule has 1 amide bonds. The molecular weight excluding hydrogens is 204 g/mol. The van der Waals surface area contributed by atoms with Crippen molar-refractivity contribution in [1.82, 2.24) is 5.32 Å². The number of rotatable bonds is 5. The number of aliphatic hydroxyl groups excluding tert-OH is 1. The number of hydrogen-bond acceptors (Lipinski definition) is 3. The molecule has 16 heavy (non-hydrogen) atoms. The minimum Gasteiger partial charge on any atom is -0.398 e. The first-order valence-electron chi connectivity index (χ1n) is 5.41. The zero-order valence-corrected chi connectivity index (χ0v) is 9.44. The molecule has 0 aliphatic rings. The van der Waals surface area contributed by atoms with Gasteiger partial charge >= 0.3 is 0 Å². The van der Waals surface area contributed by atoms with E-state index in [1.54, 1.807) is 6.07 Å². The van der Waals surface area contributed by atoms with Crippen molar-refractivity contribution in [2.75, 3.05) is 12.3 Å². The van der Waals surface area contributed by atoms with E-state index in [4.69, 9.17) is 5.73 Å². The number of hydrogen-bond donors (Lipinski definition) is 3. The third kappa shape index (κ3) is 3.90. The lowest BCUT2D eigenvalue weighted by molar-refractivity contribution is -0.120. The Bertz CT molecular complexity index is 353. The molecule has 0 aliphatic heterocycles. The summed E-state index contributed by atoms with van der Waals surface area (Å²) in [6.07, 6.45) is 0.411. The highest BCUT2D eigenvalue weighted by molar-refractivity contribution is 5.80. The van der Waals surface area contributed by atoms with Crippen molar-refractivity contribution in [3.8, 4) is 0 Å². The maximum Gasteiger partial charge on any atom is 0.224 e. The molecule has 0 spiro atoms. The quantitative estimate of drug-likeness (QED) is 0.642. The highest BCUT2D eigenvalue weighted by atomic mass is 16.3. The van der Waals surface area contributed by atoms with E-state index in [9.17, 15) is 9.90 Å². The second kappa shape index (κ2) is 6.12. The largest absolute Gasteiger partial charge is 0.398 e. The van der Waals surface area contributed by atoms with Gasteiger partial charge in [0.25, 0.3) is 0 Å². The third-order valence-corrected chi connectivity index (χ3v) is 2.41. The number of aliphatic hydroxyl groups is 1. The van der Waals surface area contributed by atoms with Gasteiger partial charge in [0.05, 0.1) is 12.5 Å². The van der Waals surface area contributed by atoms with E-state index in [0.29, 0.717) is 18.7 Å². The van der Waals surface area contributed by atoms with E-state index in [1.807, 2.05) is 25.1 Å². The Morgan fingerprint density at radius 2 is 2.19 bits per heavy atom. The van der Waals surface area contributed by atoms with Crippen molar-refractivity contribution in [2.45, 2.75) is 25.9 Å². The first-order valence-corrected chi connectivity index (χ1v) is 5.41. The van der Waals surface area contributed by atoms with Gasteiger partial charge in [-0.3, -0.25) is 4.79 Å². The van der Waals surface area contributed by atoms with E-state index >= 15 is 0 Å². The number of benzene rings is 1. The molecule has 0 saturated heterocycles. The average molecular weight is 222 g/mol. The summed E-state index contributed by atoms with van der Waals surface area (Å²) in [5, 5.41) is 12.0. The SMILES string of the molecule is CCC(O)CNC(=O)Cc1ccccc1N. The van der Waals surface area contributed by atoms with Gasteiger partial charge in [-0.1, -0.05) is 25.1 Å². The Morgan fingerprint density at radius 3 is 2.81 bits per heavy atom. The molecule has 4 nitrogen and oxygen atoms in total. The number of nitrogens with two attached hydrogens (primary N) is 1. The molecule has 0 fully saturated rings. The van der Waals surface area contributed by atoms with Gasteiger partial charge in [0.2, 0.25) is 5.91 Å². The smallest absolute Gasteiger partial charge is 0.224 e. The summed E-state index contributed by atoms with van der Waals surface area (Å²) in [4.78, 5) is 11.5. The second-order valence-electron chi connectivity index (χ2n) is 3.74. The highest BCUT2D eigenvalue weighted by Crippen LogP contribution is 2.10. The van der Waals surface area contributed by atoms with Crippen LogP contribution in [0.25, 0.3) is 0 Å². The predicted octanol–water partition coefficient (Wildman–Crippen LogP) is 0.698. The van der Waals surface area contributed by atoms with Crippen LogP contribution in [0, 0.1) is 0 Å². The molecule has 0 radical (unpaired) electrons. The van der Waals surface area contributed by atoms with Crippen LogP contribution < -0.4 is 11.1 Å². The lowest BCUT2D eigenvalue weighted by Gasteiger charge is -2.10. The fourth-order valence-corrected chi connectivity index (χ4v) is 1.31. The van der Waals surface area contributed by atoms with Gasteiger partial charge in [0.1, 0.15) is 0 Å². The average Bonchev–Trinajstić information content (AvgIpc) is 2.29. The van der Waals surface area contributed by atoms with Crippen LogP contribution in [0.1, 0.15) is 18.9 Å². The van der Waals surface area contributed by atoms with Crippen molar-refractivity contribution >= 4 is 11.6 Å². The summed E-state index contributed by atoms with van der Waals surface area (Å²) in [7, 11) is 0. The number of carbonyl (C=O) groups is 1. The van der Waals surface area contributed by atoms with Gasteiger partial charge < -0.3 is 16.2 Å². The molecule has 0 aromatic heterocycles. The summed E-state index contributed by atoms with van der Waals surface area (Å²) in [6, 6.07) is 7.27. The van der Waals surface area contributed by atoms with Crippen LogP contribution in [0.15, 0.2) is 24.3 Å². The number of para-hydroxylation sites is 1. The standard InChI is InChI=1S/C12H18N2O2/c1-2-10(15)8-14-12(16)7-9-5-3-4-6-11(9)13/h3-6,10,15H,2,7-8,13H2,1H3,(H,14,16). The van der Waals surface area contributed by atoms with Crippen LogP contribution in [-0.4, -0.2) is 23.7 Å². The summed E-state index contributed by atoms with van der Waals surface area (Å²) in [6.45, 7) is 2.16. The Labute approximate surface area is 95.5 Å². The molecule has 4 N–H and O–H groups in total. The highest BCUT2D eigenvalue weighted by Gasteiger charge is 2.07. The van der Waals surface area contributed by atoms with Gasteiger partial charge in [0, 0.05) is 12.2 Å². The maximum atomic E-state index is 11.5. The number of anilines is 1. The summed E-state index contributed by atoms with van der Waals surface area (Å²) in [5.41, 5.74) is 7.15. The van der Waals surface area contributed by atoms with Crippen LogP contribution >= 0.6 is 0 Å². The molecule has 0 heterocycles. The van der Waals surface area contributed by atoms with Gasteiger partial charge in [-0.25, -0.2) is 0 Å². The molecule has 1 aromatic carbocycles. The molecule has 1 atom stereocenters. The molecule has 1 unspecified atom stereocenters. The number of amides is 1. The Kier molecular flexibility index (Phi) is 4.79. The van der Waals surface area contributed by atoms with Crippen LogP contribution in [0.4, 0.5) is 5.69 Å². The topological polar surface area (TPSA) is 75.3 Å². The number of nitrogens with one attached hydrogen (secondary N) is 1. The van der Waals surface area contributed by atoms with Gasteiger partial charge in [-0.05, 0) is 18.1 Å². The first kappa shape index (κ1) is 12.5. The fourth-order valence-electron chi connectivity index (χ4n) is 1.31. The third-order valence-electron chi connectivity index (χ3n) is 2.41. The van der Waals surface area contributed by atoms with Gasteiger partial charge in [0.15, 0.2) is 0 Å². The molecule has 4 heteroatoms. The van der Waals surface area contributed by atoms with E-state index in [0.717, 1.165) is 5.56 Å². The van der Waals surface area contributed by atoms with Crippen molar-refractivity contribution in [2.24, 2.45) is 0 Å². The van der Waals surface area contributed by atoms with Crippen LogP contribution in [0.2, 0.25) is 0 Å². The van der Waals surface area contributed by atoms with E-state index in [2.05, 4.69) is 5.32 Å². The van der Waals surface area contributed by atoms with Crippen molar-refractivity contribution < 1.29 is 9.90 Å². The maximum absolute atomic E-state index is 11.5. The van der Waals surface area contributed by atoms with Crippen LogP contribution in [0.3, 0.4) is 0 Å². The monoisotopic (exact) mass is 222 g/mol. The van der Waals surface area contributed by atoms with Gasteiger partial charge in [-0.15, -0.1) is 0 Å². The Balaban J connectivity index is 2.43. The number of nitrogen functional groups attached to an aromatic ring is 1. The van der Waals surface area contributed by atoms with E-state index in [1.165, 1.54) is 0 Å². The van der Waals surface area contributed by atoms with Crippen molar-refractivity contribution in [3.63, 3.8) is 0 Å². The van der Waals surface area contributed by atoms with Gasteiger partial charge in [-0.2, -0.15) is 0 Å². The number of carbonyl (C=O) groups excluding carboxylic acids is 1. The zero-order chi connectivity index (χ0) is 12.0. The minimum absolute atomic E-state index is 0.120. The lowest BCUT2D eigenvalue weighted by atomic mass is 10.1. The summed E-state index contributed by atoms with van der Waals surface area (Å²) in [5.74, 6) is -0.120. The van der Waals surface area contributed by atoms with E-state index < -0.39 is 6.10 Å². The summed E-state index contributed by atoms with van der Waals surface area (Å²) >= 11 is 0. The normalized spacial score (nSPS) is 12.1. The van der Waals surface area contributed by atoms with Crippen LogP contribution in [-0.2, 0) is 11.2 Å². The molecular formula is C12H18N2O2. The minimum atomic E-state index is -0.475. The van der Waals surface area contributed by atoms with Crippen molar-refractivity contribution in [1.29, 1.82) is 0 Å². The molecule has 1 aromatic rings. The molecule has 0 aliphatic carbocycles. The van der Waals surface area contributed by atoms with E-state index in [-0.39, 0.29) is 12.3 Å². The Hall–Kier alpha value is -1.55. The second-order valence-corrected chi connectivity index (χ2v) is 3.74. The molecule has 0 bridgehead atoms. The van der Waals surface area contributed by atoms with Crippen LogP contribution in [0.5, 0.6) is 0 Å². The zero-order valence-electron chi connectivity index (χ0n) is 9.44. The lowest BCUT2D eigenvalue weighted by Crippen LogP contribution is -2.32. The molecule has 1 rings (SSSR count). The predicted molar refractivity (Wildman–Crippen MR) is 63.9 cm³/mol. The van der Waals surface area contributed by atoms with Crippen molar-refractivity contribution in [3.05, 3.63) is 29.8 Å². The first-order chi connectivity index (χ1) is 7.63. The summed E-state index contributed by atoms with van der Waals surface area (Å²) < 4.78 is 0. The molecule has 88 valence electrons. The Morgan fingerprint density at radius 1 is 1.50 bits per heavy atom.